The van der Waals surface area contributed by atoms with Gasteiger partial charge in [-0.2, -0.15) is 10.2 Å². The molecule has 8 nitrogen and oxygen atoms in total. The molecule has 0 heterocycles. The summed E-state index contributed by atoms with van der Waals surface area (Å²) in [6.45, 7) is 0. The number of benzene rings is 4. The summed E-state index contributed by atoms with van der Waals surface area (Å²) in [5.74, 6) is 0.466. The number of ether oxygens (including phenoxy) is 2. The maximum atomic E-state index is 12.9. The minimum atomic E-state index is -0.407. The van der Waals surface area contributed by atoms with Crippen molar-refractivity contribution in [3.05, 3.63) is 131 Å². The molecule has 0 aliphatic carbocycles. The number of carbonyl (C=O) groups is 2. The second-order valence-electron chi connectivity index (χ2n) is 7.99. The lowest BCUT2D eigenvalue weighted by atomic mass is 10.00. The molecule has 0 unspecified atom stereocenters. The van der Waals surface area contributed by atoms with Crippen LogP contribution in [0.2, 0.25) is 0 Å². The summed E-state index contributed by atoms with van der Waals surface area (Å²) in [5.41, 5.74) is 8.19. The second kappa shape index (κ2) is 12.6. The number of rotatable bonds is 9. The first kappa shape index (κ1) is 25.8. The Morgan fingerprint density at radius 1 is 0.500 bits per heavy atom. The Kier molecular flexibility index (Phi) is 8.60. The van der Waals surface area contributed by atoms with Crippen LogP contribution < -0.4 is 20.3 Å². The lowest BCUT2D eigenvalue weighted by molar-refractivity contribution is 0.0946. The molecule has 8 heteroatoms. The van der Waals surface area contributed by atoms with Crippen LogP contribution in [0.5, 0.6) is 11.5 Å². The van der Waals surface area contributed by atoms with E-state index in [9.17, 15) is 9.59 Å². The maximum absolute atomic E-state index is 12.9. The van der Waals surface area contributed by atoms with Gasteiger partial charge < -0.3 is 9.47 Å². The Labute approximate surface area is 220 Å². The fourth-order valence-electron chi connectivity index (χ4n) is 3.53. The van der Waals surface area contributed by atoms with Crippen LogP contribution in [0.15, 0.2) is 119 Å². The number of carbonyl (C=O) groups excluding carboxylic acids is 2. The van der Waals surface area contributed by atoms with E-state index in [1.807, 2.05) is 60.7 Å². The van der Waals surface area contributed by atoms with Crippen LogP contribution >= 0.6 is 0 Å². The predicted octanol–water partition coefficient (Wildman–Crippen LogP) is 4.67. The summed E-state index contributed by atoms with van der Waals surface area (Å²) >= 11 is 0. The van der Waals surface area contributed by atoms with E-state index in [-0.39, 0.29) is 0 Å². The standard InChI is InChI=1S/C30H26N4O4/c1-37-25-17-13-23(14-18-25)29(35)33-31-27(21-9-5-3-6-10-21)28(22-11-7-4-8-12-22)32-34-30(36)24-15-19-26(38-2)20-16-24/h3-20H,1-2H3,(H,33,35)(H,34,36). The van der Waals surface area contributed by atoms with Crippen LogP contribution in [0.1, 0.15) is 31.8 Å². The molecule has 0 saturated heterocycles. The van der Waals surface area contributed by atoms with Crippen LogP contribution in [-0.2, 0) is 0 Å². The molecule has 0 aliphatic heterocycles. The minimum Gasteiger partial charge on any atom is -0.497 e. The van der Waals surface area contributed by atoms with Crippen LogP contribution in [0.25, 0.3) is 0 Å². The molecular weight excluding hydrogens is 480 g/mol. The van der Waals surface area contributed by atoms with Gasteiger partial charge in [0.25, 0.3) is 11.8 Å². The molecule has 4 rings (SSSR count). The SMILES string of the molecule is COc1ccc(C(=O)NN=C(C(=NNC(=O)c2ccc(OC)cc2)c2ccccc2)c2ccccc2)cc1. The molecule has 0 aliphatic rings. The molecule has 0 atom stereocenters. The number of hydrogen-bond acceptors (Lipinski definition) is 6. The van der Waals surface area contributed by atoms with Crippen molar-refractivity contribution in [2.24, 2.45) is 10.2 Å². The number of methoxy groups -OCH3 is 2. The van der Waals surface area contributed by atoms with E-state index in [0.717, 1.165) is 0 Å². The van der Waals surface area contributed by atoms with Gasteiger partial charge in [0.2, 0.25) is 0 Å². The third-order valence-corrected chi connectivity index (χ3v) is 5.56. The quantitative estimate of drug-likeness (QED) is 0.254. The van der Waals surface area contributed by atoms with E-state index >= 15 is 0 Å². The zero-order valence-electron chi connectivity index (χ0n) is 20.9. The molecule has 0 bridgehead atoms. The largest absolute Gasteiger partial charge is 0.497 e. The highest BCUT2D eigenvalue weighted by Crippen LogP contribution is 2.14. The molecule has 4 aromatic carbocycles. The molecule has 0 spiro atoms. The van der Waals surface area contributed by atoms with E-state index < -0.39 is 11.8 Å². The molecule has 2 amide bonds. The summed E-state index contributed by atoms with van der Waals surface area (Å²) in [5, 5.41) is 8.90. The topological polar surface area (TPSA) is 101 Å². The first-order valence-electron chi connectivity index (χ1n) is 11.7. The Hall–Kier alpha value is -5.24. The maximum Gasteiger partial charge on any atom is 0.271 e. The summed E-state index contributed by atoms with van der Waals surface area (Å²) in [4.78, 5) is 25.7. The number of nitrogens with zero attached hydrogens (tertiary/aromatic N) is 2. The van der Waals surface area contributed by atoms with E-state index in [2.05, 4.69) is 21.1 Å². The van der Waals surface area contributed by atoms with Crippen LogP contribution in [0, 0.1) is 0 Å². The van der Waals surface area contributed by atoms with Crippen molar-refractivity contribution >= 4 is 23.2 Å². The van der Waals surface area contributed by atoms with Crippen molar-refractivity contribution in [1.82, 2.24) is 10.9 Å². The average Bonchev–Trinajstić information content (AvgIpc) is 2.99. The van der Waals surface area contributed by atoms with Crippen molar-refractivity contribution in [3.63, 3.8) is 0 Å². The molecule has 38 heavy (non-hydrogen) atoms. The Morgan fingerprint density at radius 3 is 1.16 bits per heavy atom. The van der Waals surface area contributed by atoms with Gasteiger partial charge in [0.05, 0.1) is 14.2 Å². The van der Waals surface area contributed by atoms with E-state index in [4.69, 9.17) is 9.47 Å². The normalized spacial score (nSPS) is 11.4. The van der Waals surface area contributed by atoms with Crippen molar-refractivity contribution in [2.45, 2.75) is 0 Å². The molecule has 2 N–H and O–H groups in total. The highest BCUT2D eigenvalue weighted by molar-refractivity contribution is 6.53. The van der Waals surface area contributed by atoms with Crippen molar-refractivity contribution < 1.29 is 19.1 Å². The predicted molar refractivity (Wildman–Crippen MR) is 147 cm³/mol. The zero-order valence-corrected chi connectivity index (χ0v) is 20.9. The number of hydrogen-bond donors (Lipinski definition) is 2. The molecular formula is C30H26N4O4. The fraction of sp³-hybridized carbons (Fsp3) is 0.0667. The molecule has 4 aromatic rings. The summed E-state index contributed by atoms with van der Waals surface area (Å²) < 4.78 is 10.3. The van der Waals surface area contributed by atoms with Crippen molar-refractivity contribution in [3.8, 4) is 11.5 Å². The summed E-state index contributed by atoms with van der Waals surface area (Å²) in [7, 11) is 3.12. The number of hydrazone groups is 2. The smallest absolute Gasteiger partial charge is 0.271 e. The third kappa shape index (κ3) is 6.50. The van der Waals surface area contributed by atoms with Gasteiger partial charge in [-0.3, -0.25) is 9.59 Å². The third-order valence-electron chi connectivity index (χ3n) is 5.56. The first-order chi connectivity index (χ1) is 18.6. The highest BCUT2D eigenvalue weighted by Gasteiger charge is 2.17. The van der Waals surface area contributed by atoms with Gasteiger partial charge in [-0.05, 0) is 48.5 Å². The molecule has 0 fully saturated rings. The summed E-state index contributed by atoms with van der Waals surface area (Å²) in [6.07, 6.45) is 0. The Bertz CT molecular complexity index is 1320. The van der Waals surface area contributed by atoms with Crippen LogP contribution in [-0.4, -0.2) is 37.5 Å². The molecule has 0 radical (unpaired) electrons. The Morgan fingerprint density at radius 2 is 0.842 bits per heavy atom. The van der Waals surface area contributed by atoms with Gasteiger partial charge in [0.15, 0.2) is 0 Å². The zero-order chi connectivity index (χ0) is 26.7. The van der Waals surface area contributed by atoms with E-state index in [0.29, 0.717) is 45.2 Å². The average molecular weight is 507 g/mol. The van der Waals surface area contributed by atoms with Crippen LogP contribution in [0.4, 0.5) is 0 Å². The second-order valence-corrected chi connectivity index (χ2v) is 7.99. The highest BCUT2D eigenvalue weighted by atomic mass is 16.5. The van der Waals surface area contributed by atoms with Gasteiger partial charge in [0, 0.05) is 22.3 Å². The van der Waals surface area contributed by atoms with Crippen molar-refractivity contribution in [1.29, 1.82) is 0 Å². The van der Waals surface area contributed by atoms with Crippen LogP contribution in [0.3, 0.4) is 0 Å². The number of amides is 2. The lowest BCUT2D eigenvalue weighted by Gasteiger charge is -2.12. The molecule has 190 valence electrons. The van der Waals surface area contributed by atoms with E-state index in [1.165, 1.54) is 0 Å². The Balaban J connectivity index is 1.70. The summed E-state index contributed by atoms with van der Waals surface area (Å²) in [6, 6.07) is 31.9. The van der Waals surface area contributed by atoms with Crippen molar-refractivity contribution in [2.75, 3.05) is 14.2 Å². The van der Waals surface area contributed by atoms with Gasteiger partial charge in [-0.15, -0.1) is 0 Å². The molecule has 0 aromatic heterocycles. The van der Waals surface area contributed by atoms with Gasteiger partial charge >= 0.3 is 0 Å². The fourth-order valence-corrected chi connectivity index (χ4v) is 3.53. The lowest BCUT2D eigenvalue weighted by Crippen LogP contribution is -2.28. The van der Waals surface area contributed by atoms with Gasteiger partial charge in [0.1, 0.15) is 22.9 Å². The van der Waals surface area contributed by atoms with Gasteiger partial charge in [-0.1, -0.05) is 60.7 Å². The number of nitrogens with one attached hydrogen (secondary N) is 2. The van der Waals surface area contributed by atoms with E-state index in [1.54, 1.807) is 62.8 Å². The molecule has 0 saturated carbocycles. The van der Waals surface area contributed by atoms with Gasteiger partial charge in [-0.25, -0.2) is 10.9 Å². The first-order valence-corrected chi connectivity index (χ1v) is 11.7. The minimum absolute atomic E-state index is 0.369. The monoisotopic (exact) mass is 506 g/mol.